The first-order valence-electron chi connectivity index (χ1n) is 9.05. The number of hydrogen-bond donors (Lipinski definition) is 1. The molecule has 1 fully saturated rings. The van der Waals surface area contributed by atoms with Crippen LogP contribution in [-0.2, 0) is 14.3 Å². The van der Waals surface area contributed by atoms with Crippen molar-refractivity contribution in [2.45, 2.75) is 24.2 Å². The molecule has 2 aromatic rings. The van der Waals surface area contributed by atoms with Gasteiger partial charge >= 0.3 is 18.1 Å². The highest BCUT2D eigenvalue weighted by Crippen LogP contribution is 2.34. The van der Waals surface area contributed by atoms with Crippen molar-refractivity contribution >= 4 is 11.9 Å². The zero-order valence-electron chi connectivity index (χ0n) is 15.8. The highest BCUT2D eigenvalue weighted by Gasteiger charge is 2.49. The number of cyclic esters (lactones) is 1. The third-order valence-corrected chi connectivity index (χ3v) is 4.57. The van der Waals surface area contributed by atoms with Gasteiger partial charge in [-0.3, -0.25) is 4.79 Å². The second-order valence-corrected chi connectivity index (χ2v) is 6.60. The molecule has 0 bridgehead atoms. The Kier molecular flexibility index (Phi) is 6.48. The molecule has 1 aliphatic rings. The number of amides is 1. The van der Waals surface area contributed by atoms with Crippen LogP contribution in [0.4, 0.5) is 13.2 Å². The number of hydrogen-bond acceptors (Lipinski definition) is 4. The average Bonchev–Trinajstić information content (AvgIpc) is 3.06. The van der Waals surface area contributed by atoms with Crippen LogP contribution < -0.4 is 5.32 Å². The van der Waals surface area contributed by atoms with Crippen LogP contribution in [0.5, 0.6) is 0 Å². The lowest BCUT2D eigenvalue weighted by atomic mass is 9.88. The van der Waals surface area contributed by atoms with E-state index in [1.165, 1.54) is 0 Å². The summed E-state index contributed by atoms with van der Waals surface area (Å²) in [6, 6.07) is 14.1. The Morgan fingerprint density at radius 3 is 2.29 bits per heavy atom. The first kappa shape index (κ1) is 21.7. The number of ether oxygens (including phenoxy) is 1. The van der Waals surface area contributed by atoms with Gasteiger partial charge in [-0.2, -0.15) is 13.2 Å². The van der Waals surface area contributed by atoms with E-state index in [2.05, 4.69) is 21.9 Å². The van der Waals surface area contributed by atoms with Crippen molar-refractivity contribution in [2.24, 2.45) is 5.11 Å². The maximum Gasteiger partial charge on any atom is 0.471 e. The second-order valence-electron chi connectivity index (χ2n) is 6.60. The maximum absolute atomic E-state index is 12.7. The molecule has 0 spiro atoms. The van der Waals surface area contributed by atoms with Crippen LogP contribution in [0.25, 0.3) is 10.4 Å². The average molecular weight is 428 g/mol. The van der Waals surface area contributed by atoms with Crippen molar-refractivity contribution in [3.63, 3.8) is 0 Å². The van der Waals surface area contributed by atoms with Gasteiger partial charge in [0.1, 0.15) is 12.1 Å². The predicted octanol–water partition coefficient (Wildman–Crippen LogP) is 3.45. The van der Waals surface area contributed by atoms with Crippen molar-refractivity contribution in [2.75, 3.05) is 6.54 Å². The molecule has 7 nitrogen and oxygen atoms in total. The van der Waals surface area contributed by atoms with Crippen molar-refractivity contribution in [1.29, 1.82) is 0 Å². The van der Waals surface area contributed by atoms with Crippen LogP contribution >= 0.6 is 0 Å². The van der Waals surface area contributed by atoms with Crippen LogP contribution in [0.15, 0.2) is 59.7 Å². The summed E-state index contributed by atoms with van der Waals surface area (Å²) < 4.78 is 43.2. The molecule has 1 N–H and O–H groups in total. The summed E-state index contributed by atoms with van der Waals surface area (Å²) in [6.07, 6.45) is -6.19. The molecule has 0 saturated carbocycles. The van der Waals surface area contributed by atoms with Crippen LogP contribution in [0.2, 0.25) is 0 Å². The summed E-state index contributed by atoms with van der Waals surface area (Å²) in [5.74, 6) is 1.68. The fraction of sp³-hybridized carbons (Fsp3) is 0.238. The Morgan fingerprint density at radius 1 is 1.10 bits per heavy atom. The number of carbonyl (C=O) groups excluding carboxylic acids is 2. The molecule has 1 amide bonds. The largest absolute Gasteiger partial charge is 0.471 e. The van der Waals surface area contributed by atoms with Crippen molar-refractivity contribution < 1.29 is 27.5 Å². The van der Waals surface area contributed by atoms with Crippen molar-refractivity contribution in [1.82, 2.24) is 5.32 Å². The lowest BCUT2D eigenvalue weighted by Gasteiger charge is -2.21. The Morgan fingerprint density at radius 2 is 1.71 bits per heavy atom. The quantitative estimate of drug-likeness (QED) is 0.265. The number of benzene rings is 2. The number of halogens is 3. The van der Waals surface area contributed by atoms with Crippen molar-refractivity contribution in [3.05, 3.63) is 81.7 Å². The molecular weight excluding hydrogens is 413 g/mol. The van der Waals surface area contributed by atoms with E-state index in [-0.39, 0.29) is 6.54 Å². The van der Waals surface area contributed by atoms with Gasteiger partial charge in [0.05, 0.1) is 12.5 Å². The number of esters is 1. The highest BCUT2D eigenvalue weighted by atomic mass is 19.4. The van der Waals surface area contributed by atoms with Gasteiger partial charge in [-0.05, 0) is 35.4 Å². The Bertz CT molecular complexity index is 1070. The second kappa shape index (κ2) is 9.24. The van der Waals surface area contributed by atoms with E-state index >= 15 is 0 Å². The minimum Gasteiger partial charge on any atom is -0.460 e. The lowest BCUT2D eigenvalue weighted by Crippen LogP contribution is -2.47. The molecule has 31 heavy (non-hydrogen) atoms. The summed E-state index contributed by atoms with van der Waals surface area (Å²) in [7, 11) is 0. The predicted molar refractivity (Wildman–Crippen MR) is 103 cm³/mol. The topological polar surface area (TPSA) is 104 Å². The molecule has 1 saturated heterocycles. The third-order valence-electron chi connectivity index (χ3n) is 4.57. The number of rotatable bonds is 4. The van der Waals surface area contributed by atoms with Crippen LogP contribution in [0, 0.1) is 11.8 Å². The lowest BCUT2D eigenvalue weighted by molar-refractivity contribution is -0.175. The van der Waals surface area contributed by atoms with E-state index in [0.29, 0.717) is 11.1 Å². The Hall–Kier alpha value is -3.96. The van der Waals surface area contributed by atoms with Crippen LogP contribution in [0.3, 0.4) is 0 Å². The standard InChI is InChI=1S/C21H15F3N4O3/c22-21(23,24)20(30)27-18-17(16(12-26-28-25)31-19(18)29)15-10-8-14(9-11-15)7-6-13-4-2-1-3-5-13/h1-5,8-11,16-18H,12H2,(H,27,30)/t16-,17-,18+/m1/s1. The zero-order valence-corrected chi connectivity index (χ0v) is 15.8. The van der Waals surface area contributed by atoms with E-state index in [0.717, 1.165) is 5.56 Å². The van der Waals surface area contributed by atoms with Crippen LogP contribution in [-0.4, -0.2) is 36.7 Å². The van der Waals surface area contributed by atoms with Gasteiger partial charge in [0, 0.05) is 16.0 Å². The number of azide groups is 1. The molecular formula is C21H15F3N4O3. The number of alkyl halides is 3. The van der Waals surface area contributed by atoms with Gasteiger partial charge in [0.25, 0.3) is 0 Å². The highest BCUT2D eigenvalue weighted by molar-refractivity contribution is 5.89. The minimum absolute atomic E-state index is 0.291. The smallest absolute Gasteiger partial charge is 0.460 e. The fourth-order valence-corrected chi connectivity index (χ4v) is 3.16. The first-order chi connectivity index (χ1) is 14.8. The number of nitrogens with one attached hydrogen (secondary N) is 1. The Labute approximate surface area is 174 Å². The molecule has 158 valence electrons. The zero-order chi connectivity index (χ0) is 22.4. The Balaban J connectivity index is 1.87. The minimum atomic E-state index is -5.16. The number of nitrogens with zero attached hydrogens (tertiary/aromatic N) is 3. The molecule has 2 aromatic carbocycles. The first-order valence-corrected chi connectivity index (χ1v) is 9.05. The molecule has 0 radical (unpaired) electrons. The van der Waals surface area contributed by atoms with Crippen LogP contribution in [0.1, 0.15) is 22.6 Å². The van der Waals surface area contributed by atoms with Gasteiger partial charge in [0.2, 0.25) is 0 Å². The summed E-state index contributed by atoms with van der Waals surface area (Å²) in [6.45, 7) is -0.291. The third kappa shape index (κ3) is 5.35. The fourth-order valence-electron chi connectivity index (χ4n) is 3.16. The molecule has 1 heterocycles. The molecule has 3 rings (SSSR count). The summed E-state index contributed by atoms with van der Waals surface area (Å²) in [5, 5.41) is 5.04. The van der Waals surface area contributed by atoms with E-state index in [4.69, 9.17) is 10.3 Å². The molecule has 10 heteroatoms. The molecule has 0 aliphatic carbocycles. The maximum atomic E-state index is 12.7. The van der Waals surface area contributed by atoms with E-state index in [9.17, 15) is 22.8 Å². The summed E-state index contributed by atoms with van der Waals surface area (Å²) in [4.78, 5) is 26.1. The van der Waals surface area contributed by atoms with Gasteiger partial charge in [-0.15, -0.1) is 0 Å². The number of carbonyl (C=O) groups is 2. The molecule has 0 unspecified atom stereocenters. The molecule has 0 aromatic heterocycles. The van der Waals surface area contributed by atoms with Gasteiger partial charge in [-0.25, -0.2) is 4.79 Å². The van der Waals surface area contributed by atoms with E-state index < -0.39 is 36.1 Å². The van der Waals surface area contributed by atoms with Gasteiger partial charge in [-0.1, -0.05) is 47.3 Å². The van der Waals surface area contributed by atoms with E-state index in [1.54, 1.807) is 29.6 Å². The summed E-state index contributed by atoms with van der Waals surface area (Å²) in [5.41, 5.74) is 10.4. The summed E-state index contributed by atoms with van der Waals surface area (Å²) >= 11 is 0. The monoisotopic (exact) mass is 428 g/mol. The van der Waals surface area contributed by atoms with Gasteiger partial charge < -0.3 is 10.1 Å². The normalized spacial score (nSPS) is 20.1. The van der Waals surface area contributed by atoms with E-state index in [1.807, 2.05) is 30.3 Å². The molecule has 1 aliphatic heterocycles. The van der Waals surface area contributed by atoms with Gasteiger partial charge in [0.15, 0.2) is 0 Å². The SMILES string of the molecule is [N-]=[N+]=NC[C@H]1OC(=O)[C@@H](NC(=O)C(F)(F)F)[C@@H]1c1ccc(C#Cc2ccccc2)cc1. The molecule has 3 atom stereocenters. The van der Waals surface area contributed by atoms with Crippen molar-refractivity contribution in [3.8, 4) is 11.8 Å².